The van der Waals surface area contributed by atoms with Gasteiger partial charge in [0.2, 0.25) is 0 Å². The standard InChI is InChI=1S/C15H32N4O2.C2H6/c1-12(18-20)14(3,4)16-10-8-7-9-11-17-15(5,6)13(2)19-21;1-2/h16-17,20-21H,7-11H2,1-6H3;1-2H3/b18-12+,19-13+;. The molecule has 4 N–H and O–H groups in total. The van der Waals surface area contributed by atoms with Crippen LogP contribution in [0, 0.1) is 0 Å². The highest BCUT2D eigenvalue weighted by atomic mass is 16.4. The van der Waals surface area contributed by atoms with Crippen LogP contribution in [0.15, 0.2) is 10.3 Å². The predicted octanol–water partition coefficient (Wildman–Crippen LogP) is 3.62. The van der Waals surface area contributed by atoms with Gasteiger partial charge in [-0.05, 0) is 67.5 Å². The molecule has 0 heterocycles. The van der Waals surface area contributed by atoms with E-state index in [4.69, 9.17) is 10.4 Å². The van der Waals surface area contributed by atoms with Gasteiger partial charge in [-0.15, -0.1) is 0 Å². The van der Waals surface area contributed by atoms with E-state index in [1.807, 2.05) is 55.4 Å². The largest absolute Gasteiger partial charge is 0.411 e. The van der Waals surface area contributed by atoms with E-state index < -0.39 is 0 Å². The molecule has 0 saturated heterocycles. The van der Waals surface area contributed by atoms with Crippen LogP contribution >= 0.6 is 0 Å². The minimum atomic E-state index is -0.274. The van der Waals surface area contributed by atoms with Crippen molar-refractivity contribution < 1.29 is 10.4 Å². The van der Waals surface area contributed by atoms with Gasteiger partial charge in [0.25, 0.3) is 0 Å². The zero-order valence-corrected chi connectivity index (χ0v) is 16.3. The maximum atomic E-state index is 8.80. The topological polar surface area (TPSA) is 89.2 Å². The van der Waals surface area contributed by atoms with Crippen molar-refractivity contribution in [3.05, 3.63) is 0 Å². The molecule has 138 valence electrons. The molecule has 0 amide bonds. The van der Waals surface area contributed by atoms with E-state index in [-0.39, 0.29) is 11.1 Å². The first kappa shape index (κ1) is 24.1. The lowest BCUT2D eigenvalue weighted by Crippen LogP contribution is -2.46. The van der Waals surface area contributed by atoms with Crippen molar-refractivity contribution in [2.75, 3.05) is 13.1 Å². The van der Waals surface area contributed by atoms with Crippen molar-refractivity contribution in [3.8, 4) is 0 Å². The van der Waals surface area contributed by atoms with Crippen LogP contribution in [0.2, 0.25) is 0 Å². The molecule has 0 aromatic rings. The Morgan fingerprint density at radius 2 is 1.04 bits per heavy atom. The second kappa shape index (κ2) is 12.3. The lowest BCUT2D eigenvalue weighted by atomic mass is 9.99. The van der Waals surface area contributed by atoms with Crippen molar-refractivity contribution in [1.82, 2.24) is 10.6 Å². The third-order valence-corrected chi connectivity index (χ3v) is 4.10. The Labute approximate surface area is 142 Å². The Morgan fingerprint density at radius 1 is 0.739 bits per heavy atom. The summed E-state index contributed by atoms with van der Waals surface area (Å²) in [7, 11) is 0. The number of oxime groups is 2. The van der Waals surface area contributed by atoms with E-state index in [1.165, 1.54) is 0 Å². The number of unbranched alkanes of at least 4 members (excludes halogenated alkanes) is 2. The zero-order valence-electron chi connectivity index (χ0n) is 16.3. The summed E-state index contributed by atoms with van der Waals surface area (Å²) in [6.45, 7) is 17.4. The fraction of sp³-hybridized carbons (Fsp3) is 0.882. The highest BCUT2D eigenvalue weighted by molar-refractivity contribution is 5.90. The highest BCUT2D eigenvalue weighted by Crippen LogP contribution is 2.07. The van der Waals surface area contributed by atoms with Crippen molar-refractivity contribution >= 4 is 11.4 Å². The van der Waals surface area contributed by atoms with Gasteiger partial charge in [0.15, 0.2) is 0 Å². The fourth-order valence-corrected chi connectivity index (χ4v) is 1.73. The predicted molar refractivity (Wildman–Crippen MR) is 99.2 cm³/mol. The molecule has 0 aromatic carbocycles. The maximum Gasteiger partial charge on any atom is 0.0734 e. The van der Waals surface area contributed by atoms with Gasteiger partial charge in [-0.1, -0.05) is 30.6 Å². The van der Waals surface area contributed by atoms with E-state index in [9.17, 15) is 0 Å². The number of hydrogen-bond donors (Lipinski definition) is 4. The van der Waals surface area contributed by atoms with Crippen molar-refractivity contribution in [2.24, 2.45) is 10.3 Å². The second-order valence-corrected chi connectivity index (χ2v) is 6.54. The smallest absolute Gasteiger partial charge is 0.0734 e. The van der Waals surface area contributed by atoms with Crippen molar-refractivity contribution in [1.29, 1.82) is 0 Å². The molecule has 0 spiro atoms. The number of nitrogens with one attached hydrogen (secondary N) is 2. The molecule has 0 saturated carbocycles. The summed E-state index contributed by atoms with van der Waals surface area (Å²) >= 11 is 0. The molecule has 0 aliphatic rings. The van der Waals surface area contributed by atoms with E-state index in [0.29, 0.717) is 11.4 Å². The Balaban J connectivity index is 0. The van der Waals surface area contributed by atoms with Gasteiger partial charge in [-0.25, -0.2) is 0 Å². The van der Waals surface area contributed by atoms with Gasteiger partial charge in [0.1, 0.15) is 0 Å². The summed E-state index contributed by atoms with van der Waals surface area (Å²) in [5.74, 6) is 0. The molecule has 0 radical (unpaired) electrons. The Kier molecular flexibility index (Phi) is 12.9. The average Bonchev–Trinajstić information content (AvgIpc) is 2.53. The first-order chi connectivity index (χ1) is 10.7. The molecule has 0 aliphatic carbocycles. The van der Waals surface area contributed by atoms with Crippen LogP contribution in [0.1, 0.15) is 74.7 Å². The monoisotopic (exact) mass is 330 g/mol. The molecule has 6 heteroatoms. The molecular weight excluding hydrogens is 292 g/mol. The second-order valence-electron chi connectivity index (χ2n) is 6.54. The molecule has 6 nitrogen and oxygen atoms in total. The Morgan fingerprint density at radius 3 is 1.30 bits per heavy atom. The van der Waals surface area contributed by atoms with Crippen LogP contribution in [0.3, 0.4) is 0 Å². The summed E-state index contributed by atoms with van der Waals surface area (Å²) < 4.78 is 0. The fourth-order valence-electron chi connectivity index (χ4n) is 1.73. The van der Waals surface area contributed by atoms with Crippen LogP contribution in [0.5, 0.6) is 0 Å². The molecule has 23 heavy (non-hydrogen) atoms. The van der Waals surface area contributed by atoms with Crippen molar-refractivity contribution in [2.45, 2.75) is 85.7 Å². The molecule has 0 aromatic heterocycles. The van der Waals surface area contributed by atoms with E-state index in [2.05, 4.69) is 20.9 Å². The summed E-state index contributed by atoms with van der Waals surface area (Å²) in [4.78, 5) is 0. The van der Waals surface area contributed by atoms with E-state index in [1.54, 1.807) is 0 Å². The molecular formula is C17H38N4O2. The molecule has 0 fully saturated rings. The Hall–Kier alpha value is -1.14. The van der Waals surface area contributed by atoms with Crippen LogP contribution < -0.4 is 10.6 Å². The normalized spacial score (nSPS) is 13.6. The summed E-state index contributed by atoms with van der Waals surface area (Å²) in [5, 5.41) is 30.9. The lowest BCUT2D eigenvalue weighted by Gasteiger charge is -2.26. The van der Waals surface area contributed by atoms with Crippen LogP contribution in [0.4, 0.5) is 0 Å². The van der Waals surface area contributed by atoms with Gasteiger partial charge in [-0.2, -0.15) is 0 Å². The number of rotatable bonds is 10. The number of nitrogens with zero attached hydrogens (tertiary/aromatic N) is 2. The quantitative estimate of drug-likeness (QED) is 0.213. The molecule has 0 bridgehead atoms. The summed E-state index contributed by atoms with van der Waals surface area (Å²) in [5.41, 5.74) is 0.822. The highest BCUT2D eigenvalue weighted by Gasteiger charge is 2.21. The zero-order chi connectivity index (χ0) is 18.5. The van der Waals surface area contributed by atoms with Gasteiger partial charge < -0.3 is 21.0 Å². The Bertz CT molecular complexity index is 330. The van der Waals surface area contributed by atoms with Crippen LogP contribution in [0.25, 0.3) is 0 Å². The third-order valence-electron chi connectivity index (χ3n) is 4.10. The molecule has 0 atom stereocenters. The van der Waals surface area contributed by atoms with Gasteiger partial charge in [-0.3, -0.25) is 0 Å². The third kappa shape index (κ3) is 10.3. The van der Waals surface area contributed by atoms with Gasteiger partial charge >= 0.3 is 0 Å². The summed E-state index contributed by atoms with van der Waals surface area (Å²) in [6, 6.07) is 0. The van der Waals surface area contributed by atoms with Gasteiger partial charge in [0.05, 0.1) is 22.5 Å². The SMILES string of the molecule is C/C(=N\O)C(C)(C)NCCCCCNC(C)(C)/C(C)=N/O.CC. The first-order valence-corrected chi connectivity index (χ1v) is 8.55. The summed E-state index contributed by atoms with van der Waals surface area (Å²) in [6.07, 6.45) is 3.24. The number of hydrogen-bond acceptors (Lipinski definition) is 6. The lowest BCUT2D eigenvalue weighted by molar-refractivity contribution is 0.310. The maximum absolute atomic E-state index is 8.80. The average molecular weight is 331 g/mol. The van der Waals surface area contributed by atoms with Crippen LogP contribution in [-0.4, -0.2) is 46.0 Å². The van der Waals surface area contributed by atoms with Crippen molar-refractivity contribution in [3.63, 3.8) is 0 Å². The molecule has 0 aliphatic heterocycles. The van der Waals surface area contributed by atoms with E-state index in [0.717, 1.165) is 32.4 Å². The minimum absolute atomic E-state index is 0.274. The minimum Gasteiger partial charge on any atom is -0.411 e. The van der Waals surface area contributed by atoms with Crippen LogP contribution in [-0.2, 0) is 0 Å². The molecule has 0 rings (SSSR count). The molecule has 0 unspecified atom stereocenters. The van der Waals surface area contributed by atoms with E-state index >= 15 is 0 Å². The van der Waals surface area contributed by atoms with Gasteiger partial charge in [0, 0.05) is 0 Å². The first-order valence-electron chi connectivity index (χ1n) is 8.55.